The molecule has 25 heavy (non-hydrogen) atoms. The van der Waals surface area contributed by atoms with Gasteiger partial charge in [-0.3, -0.25) is 4.79 Å². The van der Waals surface area contributed by atoms with Gasteiger partial charge in [-0.05, 0) is 30.3 Å². The van der Waals surface area contributed by atoms with E-state index in [0.717, 1.165) is 6.26 Å². The van der Waals surface area contributed by atoms with Crippen molar-refractivity contribution in [3.05, 3.63) is 83.9 Å². The van der Waals surface area contributed by atoms with Crippen molar-refractivity contribution in [2.75, 3.05) is 6.26 Å². The molecule has 2 aromatic carbocycles. The number of aromatic nitrogens is 1. The highest BCUT2D eigenvalue weighted by atomic mass is 32.2. The van der Waals surface area contributed by atoms with Gasteiger partial charge in [0.1, 0.15) is 5.75 Å². The molecular weight excluding hydrogens is 338 g/mol. The molecule has 0 saturated heterocycles. The molecule has 0 unspecified atom stereocenters. The highest BCUT2D eigenvalue weighted by Gasteiger charge is 2.11. The van der Waals surface area contributed by atoms with Crippen LogP contribution in [0.2, 0.25) is 0 Å². The normalized spacial score (nSPS) is 11.1. The topological polar surface area (TPSA) is 73.3 Å². The monoisotopic (exact) mass is 353 g/mol. The lowest BCUT2D eigenvalue weighted by Gasteiger charge is -2.07. The van der Waals surface area contributed by atoms with E-state index in [1.54, 1.807) is 48.5 Å². The van der Waals surface area contributed by atoms with E-state index in [1.165, 1.54) is 6.07 Å². The zero-order chi connectivity index (χ0) is 17.9. The van der Waals surface area contributed by atoms with E-state index in [-0.39, 0.29) is 16.7 Å². The molecule has 0 atom stereocenters. The van der Waals surface area contributed by atoms with Gasteiger partial charge in [-0.15, -0.1) is 0 Å². The summed E-state index contributed by atoms with van der Waals surface area (Å²) in [6.07, 6.45) is 1.09. The highest BCUT2D eigenvalue weighted by Crippen LogP contribution is 2.22. The molecule has 0 spiro atoms. The molecule has 3 aromatic rings. The minimum atomic E-state index is -3.40. The van der Waals surface area contributed by atoms with Crippen LogP contribution in [0.3, 0.4) is 0 Å². The summed E-state index contributed by atoms with van der Waals surface area (Å²) < 4.78 is 28.6. The van der Waals surface area contributed by atoms with Crippen LogP contribution < -0.4 is 4.74 Å². The quantitative estimate of drug-likeness (QED) is 0.656. The van der Waals surface area contributed by atoms with Crippen molar-refractivity contribution in [1.82, 2.24) is 4.98 Å². The number of hydrogen-bond donors (Lipinski definition) is 0. The Kier molecular flexibility index (Phi) is 4.63. The van der Waals surface area contributed by atoms with Crippen molar-refractivity contribution >= 4 is 15.6 Å². The van der Waals surface area contributed by atoms with Gasteiger partial charge in [-0.1, -0.05) is 36.4 Å². The molecule has 0 aliphatic heterocycles. The maximum Gasteiger partial charge on any atom is 0.220 e. The molecule has 0 bridgehead atoms. The molecule has 3 rings (SSSR count). The Morgan fingerprint density at radius 1 is 0.840 bits per heavy atom. The first-order chi connectivity index (χ1) is 11.9. The Balaban J connectivity index is 1.79. The second-order valence-electron chi connectivity index (χ2n) is 5.41. The van der Waals surface area contributed by atoms with Gasteiger partial charge in [0.2, 0.25) is 5.88 Å². The molecule has 126 valence electrons. The number of carbonyl (C=O) groups excluding carboxylic acids is 1. The molecule has 1 aromatic heterocycles. The van der Waals surface area contributed by atoms with E-state index in [1.807, 2.05) is 18.2 Å². The van der Waals surface area contributed by atoms with Crippen molar-refractivity contribution in [2.24, 2.45) is 0 Å². The molecule has 0 N–H and O–H groups in total. The van der Waals surface area contributed by atoms with E-state index in [2.05, 4.69) is 4.98 Å². The molecule has 0 aliphatic rings. The molecule has 5 nitrogen and oxygen atoms in total. The van der Waals surface area contributed by atoms with Crippen LogP contribution in [-0.2, 0) is 9.84 Å². The molecule has 0 amide bonds. The van der Waals surface area contributed by atoms with Gasteiger partial charge in [0.25, 0.3) is 0 Å². The number of carbonyl (C=O) groups is 1. The number of sulfone groups is 1. The zero-order valence-electron chi connectivity index (χ0n) is 13.4. The van der Waals surface area contributed by atoms with Gasteiger partial charge in [-0.2, -0.15) is 0 Å². The minimum absolute atomic E-state index is 0.0547. The van der Waals surface area contributed by atoms with Crippen LogP contribution in [-0.4, -0.2) is 25.4 Å². The van der Waals surface area contributed by atoms with Gasteiger partial charge in [0, 0.05) is 23.4 Å². The van der Waals surface area contributed by atoms with Crippen molar-refractivity contribution in [1.29, 1.82) is 0 Å². The van der Waals surface area contributed by atoms with Crippen LogP contribution in [0.1, 0.15) is 15.9 Å². The van der Waals surface area contributed by atoms with Gasteiger partial charge in [-0.25, -0.2) is 13.4 Å². The summed E-state index contributed by atoms with van der Waals surface area (Å²) in [4.78, 5) is 16.3. The largest absolute Gasteiger partial charge is 0.439 e. The second-order valence-corrected chi connectivity index (χ2v) is 7.37. The van der Waals surface area contributed by atoms with E-state index in [9.17, 15) is 13.2 Å². The Morgan fingerprint density at radius 3 is 2.12 bits per heavy atom. The van der Waals surface area contributed by atoms with E-state index < -0.39 is 9.84 Å². The highest BCUT2D eigenvalue weighted by molar-refractivity contribution is 7.90. The third-order valence-electron chi connectivity index (χ3n) is 3.45. The number of ether oxygens (including phenoxy) is 1. The third-order valence-corrected chi connectivity index (χ3v) is 4.44. The molecule has 0 saturated carbocycles. The van der Waals surface area contributed by atoms with Gasteiger partial charge in [0.15, 0.2) is 20.6 Å². The van der Waals surface area contributed by atoms with E-state index in [0.29, 0.717) is 16.9 Å². The third kappa shape index (κ3) is 4.10. The molecule has 1 heterocycles. The fraction of sp³-hybridized carbons (Fsp3) is 0.0526. The lowest BCUT2D eigenvalue weighted by Crippen LogP contribution is -2.02. The van der Waals surface area contributed by atoms with E-state index in [4.69, 9.17) is 4.74 Å². The molecule has 0 fully saturated rings. The number of ketones is 1. The lowest BCUT2D eigenvalue weighted by atomic mass is 10.0. The minimum Gasteiger partial charge on any atom is -0.439 e. The van der Waals surface area contributed by atoms with Crippen molar-refractivity contribution in [3.8, 4) is 11.6 Å². The van der Waals surface area contributed by atoms with E-state index >= 15 is 0 Å². The molecular formula is C19H15NO4S. The van der Waals surface area contributed by atoms with Crippen LogP contribution in [0, 0.1) is 0 Å². The van der Waals surface area contributed by atoms with Crippen molar-refractivity contribution in [2.45, 2.75) is 5.03 Å². The summed E-state index contributed by atoms with van der Waals surface area (Å²) >= 11 is 0. The van der Waals surface area contributed by atoms with Gasteiger partial charge in [0.05, 0.1) is 0 Å². The molecule has 6 heteroatoms. The number of rotatable bonds is 5. The Hall–Kier alpha value is -2.99. The maximum absolute atomic E-state index is 12.4. The predicted molar refractivity (Wildman–Crippen MR) is 93.7 cm³/mol. The average Bonchev–Trinajstić information content (AvgIpc) is 2.62. The second kappa shape index (κ2) is 6.86. The summed E-state index contributed by atoms with van der Waals surface area (Å²) in [7, 11) is -3.40. The van der Waals surface area contributed by atoms with Crippen LogP contribution in [0.15, 0.2) is 77.8 Å². The van der Waals surface area contributed by atoms with Crippen LogP contribution in [0.5, 0.6) is 11.6 Å². The maximum atomic E-state index is 12.4. The standard InChI is InChI=1S/C19H15NO4S/c1-25(22,23)18-9-5-8-17(20-18)24-16-12-10-15(11-13-16)19(21)14-6-3-2-4-7-14/h2-13H,1H3. The first kappa shape index (κ1) is 16.9. The van der Waals surface area contributed by atoms with Crippen molar-refractivity contribution < 1.29 is 17.9 Å². The number of benzene rings is 2. The number of pyridine rings is 1. The molecule has 0 radical (unpaired) electrons. The summed E-state index contributed by atoms with van der Waals surface area (Å²) in [6, 6.07) is 20.1. The summed E-state index contributed by atoms with van der Waals surface area (Å²) in [5.41, 5.74) is 1.15. The van der Waals surface area contributed by atoms with Gasteiger partial charge >= 0.3 is 0 Å². The number of nitrogens with zero attached hydrogens (tertiary/aromatic N) is 1. The average molecular weight is 353 g/mol. The predicted octanol–water partition coefficient (Wildman–Crippen LogP) is 3.51. The summed E-state index contributed by atoms with van der Waals surface area (Å²) in [5, 5.41) is -0.0547. The fourth-order valence-electron chi connectivity index (χ4n) is 2.21. The first-order valence-electron chi connectivity index (χ1n) is 7.48. The zero-order valence-corrected chi connectivity index (χ0v) is 14.2. The Labute approximate surface area is 145 Å². The van der Waals surface area contributed by atoms with Crippen molar-refractivity contribution in [3.63, 3.8) is 0 Å². The van der Waals surface area contributed by atoms with Crippen LogP contribution >= 0.6 is 0 Å². The number of hydrogen-bond acceptors (Lipinski definition) is 5. The van der Waals surface area contributed by atoms with Crippen LogP contribution in [0.4, 0.5) is 0 Å². The van der Waals surface area contributed by atoms with Gasteiger partial charge < -0.3 is 4.74 Å². The summed E-state index contributed by atoms with van der Waals surface area (Å²) in [6.45, 7) is 0. The first-order valence-corrected chi connectivity index (χ1v) is 9.37. The fourth-order valence-corrected chi connectivity index (χ4v) is 2.79. The lowest BCUT2D eigenvalue weighted by molar-refractivity contribution is 0.103. The Bertz CT molecular complexity index is 997. The van der Waals surface area contributed by atoms with Crippen LogP contribution in [0.25, 0.3) is 0 Å². The summed E-state index contributed by atoms with van der Waals surface area (Å²) in [5.74, 6) is 0.553. The smallest absolute Gasteiger partial charge is 0.220 e. The SMILES string of the molecule is CS(=O)(=O)c1cccc(Oc2ccc(C(=O)c3ccccc3)cc2)n1. The molecule has 0 aliphatic carbocycles. The Morgan fingerprint density at radius 2 is 1.48 bits per heavy atom.